The van der Waals surface area contributed by atoms with Gasteiger partial charge in [-0.25, -0.2) is 0 Å². The maximum Gasteiger partial charge on any atom is 0.307 e. The summed E-state index contributed by atoms with van der Waals surface area (Å²) in [5.41, 5.74) is 1.06. The Kier molecular flexibility index (Phi) is 5.91. The Balaban J connectivity index is 2.00. The van der Waals surface area contributed by atoms with Crippen LogP contribution in [-0.2, 0) is 14.3 Å². The molecule has 0 bridgehead atoms. The van der Waals surface area contributed by atoms with Crippen LogP contribution >= 0.6 is 24.0 Å². The molecule has 1 aromatic rings. The highest BCUT2D eigenvalue weighted by Crippen LogP contribution is 2.31. The van der Waals surface area contributed by atoms with Crippen molar-refractivity contribution < 1.29 is 14.3 Å². The second-order valence-electron chi connectivity index (χ2n) is 4.45. The number of methoxy groups -OCH3 is 1. The van der Waals surface area contributed by atoms with Crippen LogP contribution in [0.15, 0.2) is 47.4 Å². The van der Waals surface area contributed by atoms with E-state index in [1.807, 2.05) is 42.5 Å². The van der Waals surface area contributed by atoms with Crippen LogP contribution in [0.5, 0.6) is 0 Å². The van der Waals surface area contributed by atoms with Crippen LogP contribution < -0.4 is 0 Å². The summed E-state index contributed by atoms with van der Waals surface area (Å²) in [5.74, 6) is -0.529. The lowest BCUT2D eigenvalue weighted by molar-refractivity contribution is -0.140. The molecule has 0 spiro atoms. The normalized spacial score (nSPS) is 16.8. The van der Waals surface area contributed by atoms with Gasteiger partial charge in [-0.1, -0.05) is 66.5 Å². The molecule has 2 rings (SSSR count). The lowest BCUT2D eigenvalue weighted by Crippen LogP contribution is -2.30. The van der Waals surface area contributed by atoms with E-state index in [2.05, 4.69) is 4.74 Å². The molecule has 6 heteroatoms. The predicted octanol–water partition coefficient (Wildman–Crippen LogP) is 3.01. The topological polar surface area (TPSA) is 46.6 Å². The van der Waals surface area contributed by atoms with Gasteiger partial charge >= 0.3 is 5.97 Å². The van der Waals surface area contributed by atoms with Crippen LogP contribution in [0.3, 0.4) is 0 Å². The predicted molar refractivity (Wildman–Crippen MR) is 92.1 cm³/mol. The quantitative estimate of drug-likeness (QED) is 0.471. The molecule has 1 fully saturated rings. The van der Waals surface area contributed by atoms with Crippen molar-refractivity contribution in [1.82, 2.24) is 4.90 Å². The Hall–Kier alpha value is -1.92. The van der Waals surface area contributed by atoms with E-state index in [9.17, 15) is 9.59 Å². The maximum absolute atomic E-state index is 12.2. The standard InChI is InChI=1S/C16H15NO3S2/c1-20-14(18)10-11-17-15(19)13(22-16(17)21)9-5-8-12-6-3-2-4-7-12/h2-9H,10-11H2,1H3. The molecule has 1 saturated heterocycles. The number of nitrogens with zero attached hydrogens (tertiary/aromatic N) is 1. The molecule has 22 heavy (non-hydrogen) atoms. The minimum Gasteiger partial charge on any atom is -0.469 e. The van der Waals surface area contributed by atoms with Crippen molar-refractivity contribution in [3.05, 3.63) is 53.0 Å². The monoisotopic (exact) mass is 333 g/mol. The van der Waals surface area contributed by atoms with Gasteiger partial charge in [0.2, 0.25) is 0 Å². The number of allylic oxidation sites excluding steroid dienone is 2. The minimum absolute atomic E-state index is 0.135. The zero-order chi connectivity index (χ0) is 15.9. The lowest BCUT2D eigenvalue weighted by Gasteiger charge is -2.12. The van der Waals surface area contributed by atoms with Gasteiger partial charge in [0.05, 0.1) is 18.4 Å². The van der Waals surface area contributed by atoms with Crippen molar-refractivity contribution in [3.8, 4) is 0 Å². The molecule has 0 unspecified atom stereocenters. The van der Waals surface area contributed by atoms with Crippen molar-refractivity contribution in [1.29, 1.82) is 0 Å². The Morgan fingerprint density at radius 3 is 2.77 bits per heavy atom. The number of rotatable bonds is 5. The SMILES string of the molecule is COC(=O)CCN1C(=O)C(=CC=Cc2ccccc2)SC1=S. The van der Waals surface area contributed by atoms with Gasteiger partial charge < -0.3 is 4.74 Å². The number of hydrogen-bond donors (Lipinski definition) is 0. The summed E-state index contributed by atoms with van der Waals surface area (Å²) in [6, 6.07) is 9.81. The molecule has 1 amide bonds. The zero-order valence-electron chi connectivity index (χ0n) is 12.0. The van der Waals surface area contributed by atoms with Gasteiger partial charge in [-0.3, -0.25) is 14.5 Å². The third-order valence-electron chi connectivity index (χ3n) is 2.98. The van der Waals surface area contributed by atoms with Gasteiger partial charge in [-0.05, 0) is 11.6 Å². The fourth-order valence-electron chi connectivity index (χ4n) is 1.82. The molecule has 1 aliphatic rings. The second-order valence-corrected chi connectivity index (χ2v) is 6.13. The van der Waals surface area contributed by atoms with Gasteiger partial charge in [-0.15, -0.1) is 0 Å². The molecule has 4 nitrogen and oxygen atoms in total. The van der Waals surface area contributed by atoms with Crippen LogP contribution in [-0.4, -0.2) is 34.8 Å². The Labute approximate surface area is 138 Å². The van der Waals surface area contributed by atoms with Gasteiger partial charge in [0, 0.05) is 6.54 Å². The van der Waals surface area contributed by atoms with Crippen LogP contribution in [0.4, 0.5) is 0 Å². The summed E-state index contributed by atoms with van der Waals surface area (Å²) in [6.45, 7) is 0.247. The van der Waals surface area contributed by atoms with Crippen molar-refractivity contribution in [3.63, 3.8) is 0 Å². The molecule has 0 radical (unpaired) electrons. The van der Waals surface area contributed by atoms with E-state index in [1.165, 1.54) is 23.8 Å². The second kappa shape index (κ2) is 7.91. The fourth-order valence-corrected chi connectivity index (χ4v) is 3.08. The Morgan fingerprint density at radius 2 is 2.09 bits per heavy atom. The molecule has 0 saturated carbocycles. The Morgan fingerprint density at radius 1 is 1.36 bits per heavy atom. The lowest BCUT2D eigenvalue weighted by atomic mass is 10.2. The van der Waals surface area contributed by atoms with Gasteiger partial charge in [-0.2, -0.15) is 0 Å². The first kappa shape index (κ1) is 16.5. The largest absolute Gasteiger partial charge is 0.469 e. The number of benzene rings is 1. The number of thioether (sulfide) groups is 1. The number of amides is 1. The number of esters is 1. The first-order chi connectivity index (χ1) is 10.6. The summed E-state index contributed by atoms with van der Waals surface area (Å²) in [6.07, 6.45) is 5.61. The summed E-state index contributed by atoms with van der Waals surface area (Å²) >= 11 is 6.42. The highest BCUT2D eigenvalue weighted by Gasteiger charge is 2.31. The van der Waals surface area contributed by atoms with Crippen molar-refractivity contribution in [2.75, 3.05) is 13.7 Å². The molecule has 0 aromatic heterocycles. The molecule has 0 atom stereocenters. The third-order valence-corrected chi connectivity index (χ3v) is 4.37. The molecule has 0 N–H and O–H groups in total. The third kappa shape index (κ3) is 4.29. The van der Waals surface area contributed by atoms with E-state index in [4.69, 9.17) is 12.2 Å². The highest BCUT2D eigenvalue weighted by atomic mass is 32.2. The average Bonchev–Trinajstić information content (AvgIpc) is 2.80. The molecule has 1 aromatic carbocycles. The van der Waals surface area contributed by atoms with Gasteiger partial charge in [0.15, 0.2) is 0 Å². The van der Waals surface area contributed by atoms with Gasteiger partial charge in [0.1, 0.15) is 4.32 Å². The first-order valence-electron chi connectivity index (χ1n) is 6.65. The smallest absolute Gasteiger partial charge is 0.307 e. The van der Waals surface area contributed by atoms with Crippen molar-refractivity contribution in [2.45, 2.75) is 6.42 Å². The zero-order valence-corrected chi connectivity index (χ0v) is 13.7. The molecule has 1 aliphatic heterocycles. The van der Waals surface area contributed by atoms with Crippen molar-refractivity contribution >= 4 is 46.3 Å². The van der Waals surface area contributed by atoms with Crippen LogP contribution in [0.25, 0.3) is 6.08 Å². The van der Waals surface area contributed by atoms with E-state index < -0.39 is 0 Å². The van der Waals surface area contributed by atoms with E-state index >= 15 is 0 Å². The van der Waals surface area contributed by atoms with Gasteiger partial charge in [0.25, 0.3) is 5.91 Å². The number of carbonyl (C=O) groups excluding carboxylic acids is 2. The van der Waals surface area contributed by atoms with Crippen LogP contribution in [0, 0.1) is 0 Å². The number of ether oxygens (including phenoxy) is 1. The summed E-state index contributed by atoms with van der Waals surface area (Å²) in [5, 5.41) is 0. The van der Waals surface area contributed by atoms with E-state index in [0.29, 0.717) is 9.23 Å². The first-order valence-corrected chi connectivity index (χ1v) is 7.88. The summed E-state index contributed by atoms with van der Waals surface area (Å²) in [7, 11) is 1.32. The average molecular weight is 333 g/mol. The number of hydrogen-bond acceptors (Lipinski definition) is 5. The van der Waals surface area contributed by atoms with Crippen LogP contribution in [0.1, 0.15) is 12.0 Å². The van der Waals surface area contributed by atoms with E-state index in [0.717, 1.165) is 5.56 Å². The van der Waals surface area contributed by atoms with Crippen LogP contribution in [0.2, 0.25) is 0 Å². The Bertz CT molecular complexity index is 638. The number of thiocarbonyl (C=S) groups is 1. The summed E-state index contributed by atoms with van der Waals surface area (Å²) < 4.78 is 5.03. The minimum atomic E-state index is -0.359. The van der Waals surface area contributed by atoms with E-state index in [1.54, 1.807) is 6.08 Å². The fraction of sp³-hybridized carbons (Fsp3) is 0.188. The highest BCUT2D eigenvalue weighted by molar-refractivity contribution is 8.26. The van der Waals surface area contributed by atoms with E-state index in [-0.39, 0.29) is 24.8 Å². The molecule has 0 aliphatic carbocycles. The molecular formula is C16H15NO3S2. The molecule has 114 valence electrons. The van der Waals surface area contributed by atoms with Crippen molar-refractivity contribution in [2.24, 2.45) is 0 Å². The summed E-state index contributed by atoms with van der Waals surface area (Å²) in [4.78, 5) is 25.4. The molecule has 1 heterocycles. The number of carbonyl (C=O) groups is 2. The maximum atomic E-state index is 12.2. The molecular weight excluding hydrogens is 318 g/mol.